The van der Waals surface area contributed by atoms with Crippen molar-refractivity contribution in [3.8, 4) is 0 Å². The number of urea groups is 1. The molecule has 0 saturated heterocycles. The van der Waals surface area contributed by atoms with Crippen molar-refractivity contribution in [3.05, 3.63) is 0 Å². The first-order valence-electron chi connectivity index (χ1n) is 4.16. The van der Waals surface area contributed by atoms with Gasteiger partial charge in [0.05, 0.1) is 0 Å². The van der Waals surface area contributed by atoms with Gasteiger partial charge in [0.1, 0.15) is 0 Å². The smallest absolute Gasteiger partial charge is 0.314 e. The predicted octanol–water partition coefficient (Wildman–Crippen LogP) is 0.304. The van der Waals surface area contributed by atoms with Gasteiger partial charge in [0.25, 0.3) is 0 Å². The lowest BCUT2D eigenvalue weighted by Gasteiger charge is -2.20. The molecule has 4 nitrogen and oxygen atoms in total. The molecular formula is C8H19N3O. The van der Waals surface area contributed by atoms with E-state index in [2.05, 4.69) is 36.7 Å². The largest absolute Gasteiger partial charge is 0.341 e. The molecule has 0 aliphatic rings. The maximum atomic E-state index is 10.7. The van der Waals surface area contributed by atoms with Crippen molar-refractivity contribution in [1.82, 2.24) is 16.0 Å². The molecule has 0 saturated carbocycles. The maximum Gasteiger partial charge on any atom is 0.314 e. The van der Waals surface area contributed by atoms with Crippen molar-refractivity contribution in [2.45, 2.75) is 26.3 Å². The summed E-state index contributed by atoms with van der Waals surface area (Å²) in [5, 5.41) is 8.44. The standard InChI is InChI=1S/C8H19N3O/c1-8(2,3)11-6-5-10-7(12)9-4/h11H,5-6H2,1-4H3,(H2,9,10,12). The third kappa shape index (κ3) is 7.34. The van der Waals surface area contributed by atoms with Gasteiger partial charge in [-0.1, -0.05) is 0 Å². The van der Waals surface area contributed by atoms with Crippen LogP contribution in [-0.2, 0) is 0 Å². The Hall–Kier alpha value is -0.770. The van der Waals surface area contributed by atoms with Crippen LogP contribution in [-0.4, -0.2) is 31.7 Å². The molecule has 0 fully saturated rings. The van der Waals surface area contributed by atoms with Gasteiger partial charge in [-0.05, 0) is 20.8 Å². The molecule has 12 heavy (non-hydrogen) atoms. The minimum Gasteiger partial charge on any atom is -0.341 e. The first-order valence-corrected chi connectivity index (χ1v) is 4.16. The van der Waals surface area contributed by atoms with Gasteiger partial charge in [-0.15, -0.1) is 0 Å². The number of hydrogen-bond donors (Lipinski definition) is 3. The Morgan fingerprint density at radius 3 is 2.25 bits per heavy atom. The predicted molar refractivity (Wildman–Crippen MR) is 50.2 cm³/mol. The number of carbonyl (C=O) groups is 1. The van der Waals surface area contributed by atoms with E-state index in [9.17, 15) is 4.79 Å². The second kappa shape index (κ2) is 4.98. The van der Waals surface area contributed by atoms with Crippen LogP contribution < -0.4 is 16.0 Å². The van der Waals surface area contributed by atoms with Gasteiger partial charge >= 0.3 is 6.03 Å². The van der Waals surface area contributed by atoms with Gasteiger partial charge in [-0.25, -0.2) is 4.79 Å². The second-order valence-electron chi connectivity index (χ2n) is 3.68. The lowest BCUT2D eigenvalue weighted by Crippen LogP contribution is -2.43. The highest BCUT2D eigenvalue weighted by atomic mass is 16.2. The molecule has 4 heteroatoms. The van der Waals surface area contributed by atoms with E-state index in [1.807, 2.05) is 0 Å². The summed E-state index contributed by atoms with van der Waals surface area (Å²) in [5.74, 6) is 0. The van der Waals surface area contributed by atoms with Crippen LogP contribution in [0.5, 0.6) is 0 Å². The van der Waals surface area contributed by atoms with E-state index in [4.69, 9.17) is 0 Å². The van der Waals surface area contributed by atoms with Crippen molar-refractivity contribution >= 4 is 6.03 Å². The summed E-state index contributed by atoms with van der Waals surface area (Å²) in [6.07, 6.45) is 0. The zero-order chi connectivity index (χ0) is 9.61. The number of carbonyl (C=O) groups excluding carboxylic acids is 1. The molecule has 72 valence electrons. The molecule has 0 rings (SSSR count). The van der Waals surface area contributed by atoms with Crippen LogP contribution in [0.15, 0.2) is 0 Å². The summed E-state index contributed by atoms with van der Waals surface area (Å²) in [6, 6.07) is -0.134. The fourth-order valence-corrected chi connectivity index (χ4v) is 0.702. The number of hydrogen-bond acceptors (Lipinski definition) is 2. The van der Waals surface area contributed by atoms with Crippen LogP contribution in [0.4, 0.5) is 4.79 Å². The van der Waals surface area contributed by atoms with E-state index < -0.39 is 0 Å². The van der Waals surface area contributed by atoms with Crippen molar-refractivity contribution in [3.63, 3.8) is 0 Å². The highest BCUT2D eigenvalue weighted by molar-refractivity contribution is 5.73. The van der Waals surface area contributed by atoms with Crippen molar-refractivity contribution in [1.29, 1.82) is 0 Å². The lowest BCUT2D eigenvalue weighted by atomic mass is 10.1. The molecule has 0 aromatic heterocycles. The Kier molecular flexibility index (Phi) is 4.66. The fourth-order valence-electron chi connectivity index (χ4n) is 0.702. The molecule has 0 unspecified atom stereocenters. The summed E-state index contributed by atoms with van der Waals surface area (Å²) in [5.41, 5.74) is 0.115. The maximum absolute atomic E-state index is 10.7. The molecule has 0 aliphatic carbocycles. The Labute approximate surface area is 74.1 Å². The quantitative estimate of drug-likeness (QED) is 0.538. The molecule has 0 atom stereocenters. The Morgan fingerprint density at radius 1 is 1.25 bits per heavy atom. The van der Waals surface area contributed by atoms with Gasteiger partial charge in [-0.2, -0.15) is 0 Å². The van der Waals surface area contributed by atoms with Gasteiger partial charge in [0.2, 0.25) is 0 Å². The van der Waals surface area contributed by atoms with Crippen molar-refractivity contribution in [2.75, 3.05) is 20.1 Å². The average Bonchev–Trinajstić information content (AvgIpc) is 1.96. The molecule has 0 heterocycles. The summed E-state index contributed by atoms with van der Waals surface area (Å²) in [6.45, 7) is 7.71. The van der Waals surface area contributed by atoms with E-state index in [0.29, 0.717) is 6.54 Å². The first-order chi connectivity index (χ1) is 5.45. The fraction of sp³-hybridized carbons (Fsp3) is 0.875. The summed E-state index contributed by atoms with van der Waals surface area (Å²) in [4.78, 5) is 10.7. The Balaban J connectivity index is 3.28. The molecule has 0 aromatic carbocycles. The van der Waals surface area contributed by atoms with Crippen LogP contribution >= 0.6 is 0 Å². The van der Waals surface area contributed by atoms with Crippen LogP contribution in [0, 0.1) is 0 Å². The summed E-state index contributed by atoms with van der Waals surface area (Å²) >= 11 is 0. The highest BCUT2D eigenvalue weighted by Crippen LogP contribution is 1.95. The number of rotatable bonds is 3. The highest BCUT2D eigenvalue weighted by Gasteiger charge is 2.07. The monoisotopic (exact) mass is 173 g/mol. The van der Waals surface area contributed by atoms with E-state index >= 15 is 0 Å². The van der Waals surface area contributed by atoms with Crippen molar-refractivity contribution < 1.29 is 4.79 Å². The van der Waals surface area contributed by atoms with Gasteiger partial charge in [0.15, 0.2) is 0 Å². The molecule has 3 N–H and O–H groups in total. The van der Waals surface area contributed by atoms with E-state index in [1.165, 1.54) is 0 Å². The average molecular weight is 173 g/mol. The topological polar surface area (TPSA) is 53.2 Å². The van der Waals surface area contributed by atoms with Crippen LogP contribution in [0.3, 0.4) is 0 Å². The zero-order valence-corrected chi connectivity index (χ0v) is 8.32. The Morgan fingerprint density at radius 2 is 1.83 bits per heavy atom. The Bertz CT molecular complexity index is 140. The van der Waals surface area contributed by atoms with Crippen molar-refractivity contribution in [2.24, 2.45) is 0 Å². The minimum absolute atomic E-state index is 0.115. The molecule has 2 amide bonds. The normalized spacial score (nSPS) is 11.0. The van der Waals surface area contributed by atoms with Gasteiger partial charge in [0, 0.05) is 25.7 Å². The zero-order valence-electron chi connectivity index (χ0n) is 8.32. The molecule has 0 bridgehead atoms. The lowest BCUT2D eigenvalue weighted by molar-refractivity contribution is 0.242. The van der Waals surface area contributed by atoms with Crippen LogP contribution in [0.25, 0.3) is 0 Å². The summed E-state index contributed by atoms with van der Waals surface area (Å²) in [7, 11) is 1.60. The SMILES string of the molecule is CNC(=O)NCCNC(C)(C)C. The van der Waals surface area contributed by atoms with Crippen LogP contribution in [0.2, 0.25) is 0 Å². The number of nitrogens with one attached hydrogen (secondary N) is 3. The molecular weight excluding hydrogens is 154 g/mol. The second-order valence-corrected chi connectivity index (χ2v) is 3.68. The summed E-state index contributed by atoms with van der Waals surface area (Å²) < 4.78 is 0. The van der Waals surface area contributed by atoms with Gasteiger partial charge < -0.3 is 16.0 Å². The minimum atomic E-state index is -0.134. The first kappa shape index (κ1) is 11.2. The molecule has 0 aliphatic heterocycles. The van der Waals surface area contributed by atoms with Gasteiger partial charge in [-0.3, -0.25) is 0 Å². The third-order valence-electron chi connectivity index (χ3n) is 1.29. The third-order valence-corrected chi connectivity index (χ3v) is 1.29. The number of amides is 2. The van der Waals surface area contributed by atoms with E-state index in [-0.39, 0.29) is 11.6 Å². The molecule has 0 radical (unpaired) electrons. The molecule has 0 aromatic rings. The van der Waals surface area contributed by atoms with Crippen LogP contribution in [0.1, 0.15) is 20.8 Å². The van der Waals surface area contributed by atoms with E-state index in [1.54, 1.807) is 7.05 Å². The van der Waals surface area contributed by atoms with E-state index in [0.717, 1.165) is 6.54 Å². The molecule has 0 spiro atoms.